The first-order chi connectivity index (χ1) is 11.1. The quantitative estimate of drug-likeness (QED) is 0.502. The Morgan fingerprint density at radius 1 is 1.21 bits per heavy atom. The average molecular weight is 332 g/mol. The molecule has 24 heavy (non-hydrogen) atoms. The van der Waals surface area contributed by atoms with Gasteiger partial charge in [0.15, 0.2) is 11.6 Å². The molecule has 0 aromatic heterocycles. The lowest BCUT2D eigenvalue weighted by atomic mass is 9.94. The summed E-state index contributed by atoms with van der Waals surface area (Å²) < 4.78 is 0. The number of ketones is 2. The van der Waals surface area contributed by atoms with Gasteiger partial charge in [-0.1, -0.05) is 20.8 Å². The molecule has 1 aliphatic heterocycles. The number of nitrogens with two attached hydrogens (primary N) is 1. The van der Waals surface area contributed by atoms with Crippen LogP contribution in [0.15, 0.2) is 18.2 Å². The largest absolute Gasteiger partial charge is 0.399 e. The second kappa shape index (κ2) is 8.38. The number of imide groups is 1. The average Bonchev–Trinajstić information content (AvgIpc) is 2.51. The Hall–Kier alpha value is -2.50. The van der Waals surface area contributed by atoms with Crippen molar-refractivity contribution >= 4 is 29.1 Å². The predicted octanol–water partition coefficient (Wildman–Crippen LogP) is 2.37. The van der Waals surface area contributed by atoms with E-state index in [9.17, 15) is 19.2 Å². The number of nitrogen functional groups attached to an aromatic ring is 1. The van der Waals surface area contributed by atoms with Crippen LogP contribution in [0.4, 0.5) is 5.69 Å². The second-order valence-electron chi connectivity index (χ2n) is 6.23. The molecule has 2 rings (SSSR count). The zero-order valence-electron chi connectivity index (χ0n) is 14.5. The molecule has 1 aliphatic rings. The van der Waals surface area contributed by atoms with Gasteiger partial charge in [0.05, 0.1) is 0 Å². The number of piperidine rings is 1. The lowest BCUT2D eigenvalue weighted by molar-refractivity contribution is -0.135. The minimum Gasteiger partial charge on any atom is -0.399 e. The Kier molecular flexibility index (Phi) is 6.82. The highest BCUT2D eigenvalue weighted by Crippen LogP contribution is 2.18. The molecule has 1 aromatic rings. The van der Waals surface area contributed by atoms with Crippen LogP contribution in [-0.4, -0.2) is 23.4 Å². The molecule has 1 heterocycles. The van der Waals surface area contributed by atoms with Crippen LogP contribution in [0.1, 0.15) is 61.3 Å². The van der Waals surface area contributed by atoms with E-state index in [0.29, 0.717) is 29.7 Å². The minimum atomic E-state index is -0.141. The highest BCUT2D eigenvalue weighted by atomic mass is 16.2. The highest BCUT2D eigenvalue weighted by Gasteiger charge is 2.21. The summed E-state index contributed by atoms with van der Waals surface area (Å²) in [6, 6.07) is 4.81. The van der Waals surface area contributed by atoms with E-state index in [2.05, 4.69) is 5.32 Å². The van der Waals surface area contributed by atoms with Crippen LogP contribution in [-0.2, 0) is 9.59 Å². The van der Waals surface area contributed by atoms with Gasteiger partial charge in [-0.15, -0.1) is 0 Å². The number of anilines is 1. The predicted molar refractivity (Wildman–Crippen MR) is 91.6 cm³/mol. The molecule has 6 nitrogen and oxygen atoms in total. The first-order valence-corrected chi connectivity index (χ1v) is 7.91. The summed E-state index contributed by atoms with van der Waals surface area (Å²) >= 11 is 0. The fourth-order valence-electron chi connectivity index (χ4n) is 2.18. The molecule has 1 aromatic carbocycles. The van der Waals surface area contributed by atoms with E-state index in [1.54, 1.807) is 18.2 Å². The van der Waals surface area contributed by atoms with Gasteiger partial charge in [0.25, 0.3) is 0 Å². The monoisotopic (exact) mass is 332 g/mol. The molecule has 0 radical (unpaired) electrons. The molecular weight excluding hydrogens is 308 g/mol. The number of carbonyl (C=O) groups excluding carboxylic acids is 4. The second-order valence-corrected chi connectivity index (χ2v) is 6.23. The first kappa shape index (κ1) is 19.5. The number of rotatable bonds is 3. The number of hydrogen-bond donors (Lipinski definition) is 2. The third-order valence-electron chi connectivity index (χ3n) is 3.73. The maximum Gasteiger partial charge on any atom is 0.229 e. The molecule has 1 fully saturated rings. The third-order valence-corrected chi connectivity index (χ3v) is 3.73. The van der Waals surface area contributed by atoms with Gasteiger partial charge in [-0.3, -0.25) is 24.5 Å². The van der Waals surface area contributed by atoms with E-state index >= 15 is 0 Å². The summed E-state index contributed by atoms with van der Waals surface area (Å²) in [4.78, 5) is 44.3. The van der Waals surface area contributed by atoms with Gasteiger partial charge in [-0.05, 0) is 31.5 Å². The van der Waals surface area contributed by atoms with Crippen LogP contribution in [0.25, 0.3) is 0 Å². The van der Waals surface area contributed by atoms with Crippen LogP contribution >= 0.6 is 0 Å². The molecule has 1 saturated heterocycles. The fraction of sp³-hybridized carbons (Fsp3) is 0.444. The number of carbonyl (C=O) groups is 4. The van der Waals surface area contributed by atoms with E-state index in [0.717, 1.165) is 0 Å². The summed E-state index contributed by atoms with van der Waals surface area (Å²) in [5.41, 5.74) is 6.95. The summed E-state index contributed by atoms with van der Waals surface area (Å²) in [6.45, 7) is 6.87. The standard InChI is InChI=1S/C12H15NO2.C6H9NO2/c1-7(2)12(15)10-5-4-9(13)6-11(10)8(3)14;1-4-2-3-5(8)7-6(4)9/h4-7H,13H2,1-3H3;4H,2-3H2,1H3,(H,7,8,9). The van der Waals surface area contributed by atoms with Gasteiger partial charge in [0.1, 0.15) is 0 Å². The van der Waals surface area contributed by atoms with Crippen molar-refractivity contribution in [2.75, 3.05) is 5.73 Å². The maximum absolute atomic E-state index is 11.8. The van der Waals surface area contributed by atoms with Crippen molar-refractivity contribution in [2.45, 2.75) is 40.5 Å². The zero-order chi connectivity index (χ0) is 18.4. The van der Waals surface area contributed by atoms with E-state index in [1.165, 1.54) is 6.92 Å². The van der Waals surface area contributed by atoms with Crippen LogP contribution < -0.4 is 11.1 Å². The zero-order valence-corrected chi connectivity index (χ0v) is 14.5. The van der Waals surface area contributed by atoms with Gasteiger partial charge in [-0.2, -0.15) is 0 Å². The first-order valence-electron chi connectivity index (χ1n) is 7.91. The van der Waals surface area contributed by atoms with Gasteiger partial charge >= 0.3 is 0 Å². The van der Waals surface area contributed by atoms with E-state index in [1.807, 2.05) is 20.8 Å². The van der Waals surface area contributed by atoms with E-state index in [-0.39, 0.29) is 35.2 Å². The molecule has 0 spiro atoms. The van der Waals surface area contributed by atoms with Crippen molar-refractivity contribution in [3.63, 3.8) is 0 Å². The fourth-order valence-corrected chi connectivity index (χ4v) is 2.18. The van der Waals surface area contributed by atoms with Crippen molar-refractivity contribution < 1.29 is 19.2 Å². The lowest BCUT2D eigenvalue weighted by Crippen LogP contribution is -2.39. The summed E-state index contributed by atoms with van der Waals surface area (Å²) in [7, 11) is 0. The summed E-state index contributed by atoms with van der Waals surface area (Å²) in [6.07, 6.45) is 1.19. The lowest BCUT2D eigenvalue weighted by Gasteiger charge is -2.15. The van der Waals surface area contributed by atoms with Gasteiger partial charge in [0, 0.05) is 35.1 Å². The van der Waals surface area contributed by atoms with Gasteiger partial charge in [-0.25, -0.2) is 0 Å². The Morgan fingerprint density at radius 2 is 1.83 bits per heavy atom. The van der Waals surface area contributed by atoms with E-state index in [4.69, 9.17) is 5.73 Å². The van der Waals surface area contributed by atoms with Crippen LogP contribution in [0, 0.1) is 11.8 Å². The molecule has 0 aliphatic carbocycles. The van der Waals surface area contributed by atoms with Crippen LogP contribution in [0.5, 0.6) is 0 Å². The number of Topliss-reactive ketones (excluding diaryl/α,β-unsaturated/α-hetero) is 2. The van der Waals surface area contributed by atoms with Crippen molar-refractivity contribution in [1.29, 1.82) is 0 Å². The molecular formula is C18H24N2O4. The minimum absolute atomic E-state index is 0.0164. The molecule has 2 amide bonds. The van der Waals surface area contributed by atoms with Crippen molar-refractivity contribution in [2.24, 2.45) is 11.8 Å². The summed E-state index contributed by atoms with van der Waals surface area (Å²) in [5.74, 6) is -0.537. The van der Waals surface area contributed by atoms with Crippen LogP contribution in [0.2, 0.25) is 0 Å². The van der Waals surface area contributed by atoms with Gasteiger partial charge in [0.2, 0.25) is 11.8 Å². The Labute approximate surface area is 141 Å². The molecule has 1 atom stereocenters. The Morgan fingerprint density at radius 3 is 2.29 bits per heavy atom. The maximum atomic E-state index is 11.8. The molecule has 1 unspecified atom stereocenters. The Balaban J connectivity index is 0.000000272. The highest BCUT2D eigenvalue weighted by molar-refractivity contribution is 6.09. The van der Waals surface area contributed by atoms with E-state index < -0.39 is 0 Å². The smallest absolute Gasteiger partial charge is 0.229 e. The van der Waals surface area contributed by atoms with Crippen molar-refractivity contribution in [3.05, 3.63) is 29.3 Å². The molecule has 130 valence electrons. The number of amides is 2. The molecule has 3 N–H and O–H groups in total. The number of nitrogens with one attached hydrogen (secondary N) is 1. The number of hydrogen-bond acceptors (Lipinski definition) is 5. The topological polar surface area (TPSA) is 106 Å². The summed E-state index contributed by atoms with van der Waals surface area (Å²) in [5, 5.41) is 2.25. The SMILES string of the molecule is CC(=O)c1cc(N)ccc1C(=O)C(C)C.CC1CCC(=O)NC1=O. The van der Waals surface area contributed by atoms with Gasteiger partial charge < -0.3 is 5.73 Å². The number of benzene rings is 1. The van der Waals surface area contributed by atoms with Crippen LogP contribution in [0.3, 0.4) is 0 Å². The Bertz CT molecular complexity index is 665. The van der Waals surface area contributed by atoms with Crippen molar-refractivity contribution in [3.8, 4) is 0 Å². The third kappa shape index (κ3) is 5.30. The molecule has 6 heteroatoms. The normalized spacial score (nSPS) is 17.0. The molecule has 0 saturated carbocycles. The molecule has 0 bridgehead atoms. The van der Waals surface area contributed by atoms with Crippen molar-refractivity contribution in [1.82, 2.24) is 5.32 Å².